The van der Waals surface area contributed by atoms with Crippen molar-refractivity contribution in [1.29, 1.82) is 0 Å². The Labute approximate surface area is 71.0 Å². The van der Waals surface area contributed by atoms with E-state index in [2.05, 4.69) is 4.74 Å². The van der Waals surface area contributed by atoms with Crippen LogP contribution in [-0.4, -0.2) is 36.3 Å². The Balaban J connectivity index is 3.46. The van der Waals surface area contributed by atoms with E-state index < -0.39 is 6.09 Å². The van der Waals surface area contributed by atoms with E-state index in [1.807, 2.05) is 6.26 Å². The second-order valence-corrected chi connectivity index (χ2v) is 2.87. The number of hydrazine groups is 1. The Morgan fingerprint density at radius 3 is 2.82 bits per heavy atom. The summed E-state index contributed by atoms with van der Waals surface area (Å²) in [5.74, 6) is 6.16. The van der Waals surface area contributed by atoms with Crippen molar-refractivity contribution in [1.82, 2.24) is 5.01 Å². The largest absolute Gasteiger partial charge is 0.449 e. The third-order valence-electron chi connectivity index (χ3n) is 1.04. The second-order valence-electron chi connectivity index (χ2n) is 1.89. The number of amides is 1. The summed E-state index contributed by atoms with van der Waals surface area (Å²) >= 11 is 1.64. The lowest BCUT2D eigenvalue weighted by molar-refractivity contribution is 0.110. The molecule has 0 aromatic heterocycles. The first-order valence-corrected chi connectivity index (χ1v) is 4.79. The topological polar surface area (TPSA) is 55.6 Å². The Hall–Kier alpha value is -0.420. The molecule has 0 spiro atoms. The minimum atomic E-state index is -0.457. The SMILES string of the molecule is CCOC(=O)N(N)CCSC. The van der Waals surface area contributed by atoms with E-state index in [-0.39, 0.29) is 0 Å². The van der Waals surface area contributed by atoms with Gasteiger partial charge in [-0.1, -0.05) is 0 Å². The summed E-state index contributed by atoms with van der Waals surface area (Å²) < 4.78 is 4.65. The van der Waals surface area contributed by atoms with Crippen LogP contribution in [0.4, 0.5) is 4.79 Å². The first-order valence-electron chi connectivity index (χ1n) is 3.40. The molecule has 2 N–H and O–H groups in total. The van der Waals surface area contributed by atoms with Crippen molar-refractivity contribution < 1.29 is 9.53 Å². The van der Waals surface area contributed by atoms with Crippen molar-refractivity contribution in [2.45, 2.75) is 6.92 Å². The predicted molar refractivity (Wildman–Crippen MR) is 46.3 cm³/mol. The molecule has 5 heteroatoms. The van der Waals surface area contributed by atoms with Crippen molar-refractivity contribution in [2.24, 2.45) is 5.84 Å². The zero-order chi connectivity index (χ0) is 8.69. The molecular weight excluding hydrogens is 164 g/mol. The van der Waals surface area contributed by atoms with Gasteiger partial charge >= 0.3 is 6.09 Å². The molecule has 0 heterocycles. The third-order valence-corrected chi connectivity index (χ3v) is 1.63. The number of nitrogens with two attached hydrogens (primary N) is 1. The maximum atomic E-state index is 10.8. The molecule has 1 amide bonds. The number of rotatable bonds is 4. The monoisotopic (exact) mass is 178 g/mol. The zero-order valence-electron chi connectivity index (χ0n) is 6.87. The number of nitrogens with zero attached hydrogens (tertiary/aromatic N) is 1. The molecule has 11 heavy (non-hydrogen) atoms. The highest BCUT2D eigenvalue weighted by Crippen LogP contribution is 1.93. The number of thioether (sulfide) groups is 1. The van der Waals surface area contributed by atoms with Gasteiger partial charge in [0.05, 0.1) is 6.61 Å². The lowest BCUT2D eigenvalue weighted by atomic mass is 10.7. The molecule has 0 unspecified atom stereocenters. The fraction of sp³-hybridized carbons (Fsp3) is 0.833. The molecule has 0 aromatic carbocycles. The second kappa shape index (κ2) is 6.30. The Morgan fingerprint density at radius 2 is 2.36 bits per heavy atom. The fourth-order valence-electron chi connectivity index (χ4n) is 0.487. The summed E-state index contributed by atoms with van der Waals surface area (Å²) in [7, 11) is 0. The number of hydrogen-bond donors (Lipinski definition) is 1. The minimum Gasteiger partial charge on any atom is -0.449 e. The van der Waals surface area contributed by atoms with Crippen LogP contribution in [0.15, 0.2) is 0 Å². The highest BCUT2D eigenvalue weighted by atomic mass is 32.2. The Kier molecular flexibility index (Phi) is 6.06. The van der Waals surface area contributed by atoms with Gasteiger partial charge in [-0.2, -0.15) is 11.8 Å². The van der Waals surface area contributed by atoms with Crippen LogP contribution in [0.25, 0.3) is 0 Å². The summed E-state index contributed by atoms with van der Waals surface area (Å²) in [5.41, 5.74) is 0. The molecule has 0 saturated carbocycles. The lowest BCUT2D eigenvalue weighted by Crippen LogP contribution is -2.39. The molecule has 66 valence electrons. The molecule has 0 bridgehead atoms. The van der Waals surface area contributed by atoms with E-state index in [1.165, 1.54) is 0 Å². The molecule has 0 atom stereocenters. The van der Waals surface area contributed by atoms with Gasteiger partial charge in [0.15, 0.2) is 0 Å². The first kappa shape index (κ1) is 10.6. The molecule has 0 radical (unpaired) electrons. The number of carbonyl (C=O) groups is 1. The molecule has 0 aliphatic rings. The predicted octanol–water partition coefficient (Wildman–Crippen LogP) is 0.682. The minimum absolute atomic E-state index is 0.367. The van der Waals surface area contributed by atoms with Crippen molar-refractivity contribution in [2.75, 3.05) is 25.2 Å². The van der Waals surface area contributed by atoms with Crippen LogP contribution in [0.1, 0.15) is 6.92 Å². The van der Waals surface area contributed by atoms with Crippen molar-refractivity contribution in [3.63, 3.8) is 0 Å². The molecular formula is C6H14N2O2S. The van der Waals surface area contributed by atoms with Gasteiger partial charge in [-0.3, -0.25) is 0 Å². The lowest BCUT2D eigenvalue weighted by Gasteiger charge is -2.14. The average molecular weight is 178 g/mol. The van der Waals surface area contributed by atoms with Crippen LogP contribution in [-0.2, 0) is 4.74 Å². The van der Waals surface area contributed by atoms with Gasteiger partial charge in [0.2, 0.25) is 0 Å². The zero-order valence-corrected chi connectivity index (χ0v) is 7.69. The van der Waals surface area contributed by atoms with Crippen LogP contribution in [0, 0.1) is 0 Å². The van der Waals surface area contributed by atoms with Crippen molar-refractivity contribution in [3.05, 3.63) is 0 Å². The standard InChI is InChI=1S/C6H14N2O2S/c1-3-10-6(9)8(7)4-5-11-2/h3-5,7H2,1-2H3. The average Bonchev–Trinajstić information content (AvgIpc) is 2.00. The van der Waals surface area contributed by atoms with Crippen LogP contribution < -0.4 is 5.84 Å². The Morgan fingerprint density at radius 1 is 1.73 bits per heavy atom. The van der Waals surface area contributed by atoms with Gasteiger partial charge in [0, 0.05) is 12.3 Å². The van der Waals surface area contributed by atoms with Gasteiger partial charge in [0.1, 0.15) is 0 Å². The van der Waals surface area contributed by atoms with E-state index in [0.717, 1.165) is 10.8 Å². The normalized spacial score (nSPS) is 9.36. The van der Waals surface area contributed by atoms with Gasteiger partial charge in [0.25, 0.3) is 0 Å². The molecule has 0 rings (SSSR count). The van der Waals surface area contributed by atoms with E-state index in [4.69, 9.17) is 5.84 Å². The molecule has 0 aromatic rings. The fourth-order valence-corrected chi connectivity index (χ4v) is 0.867. The third kappa shape index (κ3) is 4.92. The number of carbonyl (C=O) groups excluding carboxylic acids is 1. The maximum absolute atomic E-state index is 10.8. The Bertz CT molecular complexity index is 121. The van der Waals surface area contributed by atoms with Gasteiger partial charge < -0.3 is 4.74 Å². The van der Waals surface area contributed by atoms with Crippen LogP contribution in [0.2, 0.25) is 0 Å². The van der Waals surface area contributed by atoms with Crippen molar-refractivity contribution in [3.8, 4) is 0 Å². The summed E-state index contributed by atoms with van der Waals surface area (Å²) in [6, 6.07) is 0. The molecule has 0 aliphatic heterocycles. The highest BCUT2D eigenvalue weighted by molar-refractivity contribution is 7.98. The summed E-state index contributed by atoms with van der Waals surface area (Å²) in [4.78, 5) is 10.8. The van der Waals surface area contributed by atoms with Gasteiger partial charge in [-0.15, -0.1) is 0 Å². The van der Waals surface area contributed by atoms with E-state index in [9.17, 15) is 4.79 Å². The first-order chi connectivity index (χ1) is 5.22. The summed E-state index contributed by atoms with van der Waals surface area (Å²) in [6.45, 7) is 2.64. The molecule has 0 saturated heterocycles. The molecule has 0 fully saturated rings. The van der Waals surface area contributed by atoms with Crippen molar-refractivity contribution >= 4 is 17.9 Å². The van der Waals surface area contributed by atoms with Gasteiger partial charge in [-0.25, -0.2) is 15.6 Å². The summed E-state index contributed by atoms with van der Waals surface area (Å²) in [5, 5.41) is 1.08. The van der Waals surface area contributed by atoms with Crippen LogP contribution >= 0.6 is 11.8 Å². The van der Waals surface area contributed by atoms with E-state index in [0.29, 0.717) is 13.2 Å². The van der Waals surface area contributed by atoms with Crippen LogP contribution in [0.5, 0.6) is 0 Å². The number of ether oxygens (including phenoxy) is 1. The highest BCUT2D eigenvalue weighted by Gasteiger charge is 2.07. The van der Waals surface area contributed by atoms with E-state index >= 15 is 0 Å². The smallest absolute Gasteiger partial charge is 0.424 e. The number of hydrogen-bond acceptors (Lipinski definition) is 4. The maximum Gasteiger partial charge on any atom is 0.424 e. The van der Waals surface area contributed by atoms with Gasteiger partial charge in [-0.05, 0) is 13.2 Å². The summed E-state index contributed by atoms with van der Waals surface area (Å²) in [6.07, 6.45) is 1.50. The van der Waals surface area contributed by atoms with E-state index in [1.54, 1.807) is 18.7 Å². The molecule has 4 nitrogen and oxygen atoms in total. The van der Waals surface area contributed by atoms with Crippen LogP contribution in [0.3, 0.4) is 0 Å². The molecule has 0 aliphatic carbocycles. The quantitative estimate of drug-likeness (QED) is 0.391.